The van der Waals surface area contributed by atoms with Crippen molar-refractivity contribution in [1.82, 2.24) is 0 Å². The van der Waals surface area contributed by atoms with Crippen LogP contribution in [0.2, 0.25) is 5.62 Å². The molecule has 0 aromatic carbocycles. The summed E-state index contributed by atoms with van der Waals surface area (Å²) in [6, 6.07) is 0. The Labute approximate surface area is 30.2 Å². The lowest BCUT2D eigenvalue weighted by Gasteiger charge is -1.75. The average molecular weight is 51.5 g/mol. The van der Waals surface area contributed by atoms with Crippen LogP contribution in [0.4, 0.5) is 0 Å². The predicted octanol–water partition coefficient (Wildman–Crippen LogP) is -2.41. The summed E-state index contributed by atoms with van der Waals surface area (Å²) in [7, 11) is 6.50. The van der Waals surface area contributed by atoms with Crippen LogP contribution < -0.4 is 0 Å². The van der Waals surface area contributed by atoms with Crippen LogP contribution >= 0.6 is 0 Å². The average Bonchev–Trinajstić information content (AvgIpc) is 0.811. The van der Waals surface area contributed by atoms with Gasteiger partial charge in [-0.1, -0.05) is 0 Å². The normalized spacial score (nSPS) is 8.25. The summed E-state index contributed by atoms with van der Waals surface area (Å²) >= 11 is 0. The monoisotopic (exact) mass is 52.1 g/mol. The van der Waals surface area contributed by atoms with Gasteiger partial charge in [0, 0.05) is 0 Å². The highest BCUT2D eigenvalue weighted by Crippen LogP contribution is 1.68. The quantitative estimate of drug-likeness (QED) is 0.269. The molecule has 0 fully saturated rings. The molecule has 0 aliphatic heterocycles. The zero-order valence-corrected chi connectivity index (χ0v) is 3.58. The van der Waals surface area contributed by atoms with Gasteiger partial charge in [-0.25, -0.2) is 0 Å². The minimum Gasteiger partial charge on any atom is -0.123 e. The van der Waals surface area contributed by atoms with Gasteiger partial charge in [0.2, 0.25) is 0 Å². The third kappa shape index (κ3) is 82.6. The van der Waals surface area contributed by atoms with Gasteiger partial charge in [0.25, 0.3) is 0 Å². The van der Waals surface area contributed by atoms with Crippen molar-refractivity contribution in [3.05, 3.63) is 0 Å². The second-order valence-corrected chi connectivity index (χ2v) is 1.73. The molecule has 0 heterocycles. The molecule has 0 atom stereocenters. The molecule has 0 saturated carbocycles. The van der Waals surface area contributed by atoms with Crippen molar-refractivity contribution in [2.24, 2.45) is 0 Å². The summed E-state index contributed by atoms with van der Waals surface area (Å²) in [6.07, 6.45) is 0. The first kappa shape index (κ1) is 4.19. The lowest BCUT2D eigenvalue weighted by Crippen LogP contribution is -1.84. The molecule has 0 N–H and O–H groups in total. The molecule has 0 bridgehead atoms. The lowest BCUT2D eigenvalue weighted by molar-refractivity contribution is 1.91. The Morgan fingerprint density at radius 3 is 1.00 bits per heavy atom. The molecule has 0 nitrogen and oxygen atoms in total. The maximum absolute atomic E-state index is 2.17. The van der Waals surface area contributed by atoms with E-state index >= 15 is 0 Å². The second-order valence-electron chi connectivity index (χ2n) is 1.73. The highest BCUT2D eigenvalue weighted by Gasteiger charge is 1.72. The molecular formula is CH7B3. The molecule has 0 aliphatic rings. The van der Waals surface area contributed by atoms with Gasteiger partial charge in [0.05, 0.1) is 23.5 Å². The van der Waals surface area contributed by atoms with Gasteiger partial charge in [0.1, 0.15) is 0 Å². The van der Waals surface area contributed by atoms with Gasteiger partial charge >= 0.3 is 0 Å². The van der Waals surface area contributed by atoms with E-state index in [1.807, 2.05) is 0 Å². The Hall–Kier alpha value is 0.195. The highest BCUT2D eigenvalue weighted by molar-refractivity contribution is 6.54. The van der Waals surface area contributed by atoms with Crippen molar-refractivity contribution in [3.63, 3.8) is 0 Å². The van der Waals surface area contributed by atoms with E-state index in [0.717, 1.165) is 5.62 Å². The molecule has 0 spiro atoms. The van der Waals surface area contributed by atoms with E-state index in [1.165, 1.54) is 0 Å². The fraction of sp³-hybridized carbons (Fsp3) is 1.00. The van der Waals surface area contributed by atoms with Crippen LogP contribution in [0.15, 0.2) is 0 Å². The first-order chi connectivity index (χ1) is 1.73. The molecule has 20 valence electrons. The van der Waals surface area contributed by atoms with Crippen molar-refractivity contribution >= 4 is 23.5 Å². The first-order valence-electron chi connectivity index (χ1n) is 1.73. The molecular weight excluding hydrogens is 44.4 g/mol. The van der Waals surface area contributed by atoms with Gasteiger partial charge < -0.3 is 0 Å². The molecule has 0 aromatic heterocycles. The van der Waals surface area contributed by atoms with Gasteiger partial charge in [-0.2, -0.15) is 0 Å². The molecule has 4 heavy (non-hydrogen) atoms. The Balaban J connectivity index is 2.32. The van der Waals surface area contributed by atoms with Crippen LogP contribution in [-0.2, 0) is 0 Å². The summed E-state index contributed by atoms with van der Waals surface area (Å²) < 4.78 is 0. The third-order valence-electron chi connectivity index (χ3n) is 0. The Morgan fingerprint density at radius 2 is 1.00 bits per heavy atom. The van der Waals surface area contributed by atoms with Crippen molar-refractivity contribution in [2.75, 3.05) is 0 Å². The van der Waals surface area contributed by atoms with Crippen LogP contribution in [0.25, 0.3) is 0 Å². The minimum absolute atomic E-state index is 0.833. The van der Waals surface area contributed by atoms with E-state index in [0.29, 0.717) is 0 Å². The van der Waals surface area contributed by atoms with Crippen LogP contribution in [0, 0.1) is 0 Å². The fourth-order valence-corrected chi connectivity index (χ4v) is 0. The molecule has 0 aromatic rings. The maximum Gasteiger partial charge on any atom is 0.0876 e. The summed E-state index contributed by atoms with van der Waals surface area (Å²) in [4.78, 5) is 0. The number of hydrogen-bond acceptors (Lipinski definition) is 0. The summed E-state index contributed by atoms with van der Waals surface area (Å²) in [5.41, 5.74) is 0.833. The molecule has 0 unspecified atom stereocenters. The van der Waals surface area contributed by atoms with Crippen molar-refractivity contribution in [2.45, 2.75) is 5.62 Å². The maximum atomic E-state index is 2.17. The van der Waals surface area contributed by atoms with Gasteiger partial charge in [-0.05, 0) is 0 Å². The summed E-state index contributed by atoms with van der Waals surface area (Å²) in [5, 5.41) is 0. The molecule has 3 heteroatoms. The van der Waals surface area contributed by atoms with Crippen LogP contribution in [0.3, 0.4) is 0 Å². The van der Waals surface area contributed by atoms with Crippen LogP contribution in [-0.4, -0.2) is 23.5 Å². The van der Waals surface area contributed by atoms with Crippen molar-refractivity contribution < 1.29 is 0 Å². The summed E-state index contributed by atoms with van der Waals surface area (Å²) in [6.45, 7) is 0. The molecule has 0 aliphatic carbocycles. The van der Waals surface area contributed by atoms with Gasteiger partial charge in [0.15, 0.2) is 0 Å². The topological polar surface area (TPSA) is 0 Å². The Bertz CT molecular complexity index is 8.00. The smallest absolute Gasteiger partial charge is 0.0876 e. The van der Waals surface area contributed by atoms with Crippen LogP contribution in [0.5, 0.6) is 0 Å². The number of rotatable bonds is 0. The third-order valence-corrected chi connectivity index (χ3v) is 0. The van der Waals surface area contributed by atoms with Gasteiger partial charge in [-0.15, -0.1) is 5.62 Å². The zero-order chi connectivity index (χ0) is 3.58. The minimum atomic E-state index is 0.833. The lowest BCUT2D eigenvalue weighted by atomic mass is 9.58. The molecule has 0 radical (unpaired) electrons. The van der Waals surface area contributed by atoms with Crippen molar-refractivity contribution in [3.8, 4) is 0 Å². The first-order valence-corrected chi connectivity index (χ1v) is 1.73. The van der Waals surface area contributed by atoms with E-state index in [9.17, 15) is 0 Å². The standard InChI is InChI=1S/CH7B3/c2-1(3)4/h1H,2-4H2. The molecule has 0 amide bonds. The van der Waals surface area contributed by atoms with E-state index < -0.39 is 0 Å². The largest absolute Gasteiger partial charge is 0.123 e. The van der Waals surface area contributed by atoms with E-state index in [2.05, 4.69) is 23.5 Å². The molecule has 0 rings (SSSR count). The van der Waals surface area contributed by atoms with Crippen molar-refractivity contribution in [1.29, 1.82) is 0 Å². The van der Waals surface area contributed by atoms with E-state index in [4.69, 9.17) is 0 Å². The fourth-order valence-electron chi connectivity index (χ4n) is 0. The summed E-state index contributed by atoms with van der Waals surface area (Å²) in [5.74, 6) is 0. The van der Waals surface area contributed by atoms with E-state index in [1.54, 1.807) is 0 Å². The Morgan fingerprint density at radius 1 is 1.00 bits per heavy atom. The predicted molar refractivity (Wildman–Crippen MR) is 29.4 cm³/mol. The van der Waals surface area contributed by atoms with Crippen LogP contribution in [0.1, 0.15) is 0 Å². The second kappa shape index (κ2) is 1.51. The zero-order valence-electron chi connectivity index (χ0n) is 3.58. The molecule has 0 saturated heterocycles. The van der Waals surface area contributed by atoms with E-state index in [-0.39, 0.29) is 0 Å². The number of hydrogen-bond donors (Lipinski definition) is 0. The highest BCUT2D eigenvalue weighted by atomic mass is 13.2. The SMILES string of the molecule is BC(B)B. The Kier molecular flexibility index (Phi) is 1.58. The van der Waals surface area contributed by atoms with Gasteiger partial charge in [-0.3, -0.25) is 0 Å².